The number of fused-ring (bicyclic) bond motifs is 1. The monoisotopic (exact) mass is 564 g/mol. The van der Waals surface area contributed by atoms with Crippen molar-refractivity contribution in [2.45, 2.75) is 62.7 Å². The van der Waals surface area contributed by atoms with Crippen LogP contribution in [0.4, 0.5) is 20.4 Å². The quantitative estimate of drug-likeness (QED) is 0.281. The van der Waals surface area contributed by atoms with Crippen molar-refractivity contribution in [3.63, 3.8) is 0 Å². The summed E-state index contributed by atoms with van der Waals surface area (Å²) in [6.45, 7) is 4.43. The van der Waals surface area contributed by atoms with Crippen LogP contribution in [0, 0.1) is 17.6 Å². The maximum atomic E-state index is 15.4. The standard InChI is InChI=1S/C30H34F2N6O3/c1-17-11-18(12-26(33)29(17,2)39)21-5-8-34-16-25(21)36-28-35-15-20-3-4-24(37-38(20)28)27-22(31)13-19(14-23(27)32)30(40)6-9-41-10-7-30/h3-5,8,13-18,26,39-40H,6-7,9-12,33H2,1-2H3,(H,35,36). The van der Waals surface area contributed by atoms with E-state index in [1.807, 2.05) is 13.0 Å². The number of ether oxygens (including phenoxy) is 1. The van der Waals surface area contributed by atoms with Gasteiger partial charge in [-0.25, -0.2) is 13.8 Å². The number of nitrogens with one attached hydrogen (secondary N) is 1. The molecule has 0 amide bonds. The number of benzene rings is 1. The highest BCUT2D eigenvalue weighted by molar-refractivity contribution is 5.66. The molecule has 11 heteroatoms. The summed E-state index contributed by atoms with van der Waals surface area (Å²) in [5.74, 6) is -1.18. The molecule has 0 spiro atoms. The van der Waals surface area contributed by atoms with Gasteiger partial charge in [-0.15, -0.1) is 0 Å². The lowest BCUT2D eigenvalue weighted by Crippen LogP contribution is -2.54. The predicted octanol–water partition coefficient (Wildman–Crippen LogP) is 4.40. The molecular formula is C30H34F2N6O3. The summed E-state index contributed by atoms with van der Waals surface area (Å²) in [5, 5.41) is 29.5. The van der Waals surface area contributed by atoms with Crippen LogP contribution in [0.25, 0.3) is 16.8 Å². The number of halogens is 2. The van der Waals surface area contributed by atoms with Gasteiger partial charge in [-0.05, 0) is 73.1 Å². The van der Waals surface area contributed by atoms with E-state index in [-0.39, 0.29) is 47.5 Å². The van der Waals surface area contributed by atoms with Crippen molar-refractivity contribution < 1.29 is 23.7 Å². The molecule has 2 fully saturated rings. The van der Waals surface area contributed by atoms with Gasteiger partial charge in [0.25, 0.3) is 0 Å². The van der Waals surface area contributed by atoms with E-state index < -0.39 is 22.8 Å². The fraction of sp³-hybridized carbons (Fsp3) is 0.433. The molecule has 3 aromatic heterocycles. The lowest BCUT2D eigenvalue weighted by atomic mass is 9.68. The average molecular weight is 565 g/mol. The minimum Gasteiger partial charge on any atom is -0.388 e. The predicted molar refractivity (Wildman–Crippen MR) is 150 cm³/mol. The lowest BCUT2D eigenvalue weighted by molar-refractivity contribution is -0.0682. The highest BCUT2D eigenvalue weighted by atomic mass is 19.1. The molecule has 216 valence electrons. The van der Waals surface area contributed by atoms with E-state index in [0.29, 0.717) is 36.8 Å². The fourth-order valence-corrected chi connectivity index (χ4v) is 6.10. The van der Waals surface area contributed by atoms with E-state index in [4.69, 9.17) is 10.5 Å². The first-order valence-electron chi connectivity index (χ1n) is 13.9. The zero-order valence-corrected chi connectivity index (χ0v) is 23.0. The maximum Gasteiger partial charge on any atom is 0.229 e. The van der Waals surface area contributed by atoms with E-state index >= 15 is 8.78 Å². The Balaban J connectivity index is 1.32. The summed E-state index contributed by atoms with van der Waals surface area (Å²) in [4.78, 5) is 8.74. The van der Waals surface area contributed by atoms with Crippen LogP contribution in [0.15, 0.2) is 48.9 Å². The molecule has 2 aliphatic rings. The molecule has 1 aliphatic carbocycles. The molecule has 41 heavy (non-hydrogen) atoms. The van der Waals surface area contributed by atoms with Crippen LogP contribution in [-0.4, -0.2) is 54.7 Å². The van der Waals surface area contributed by atoms with Crippen LogP contribution >= 0.6 is 0 Å². The smallest absolute Gasteiger partial charge is 0.229 e. The molecule has 4 unspecified atom stereocenters. The number of anilines is 2. The fourth-order valence-electron chi connectivity index (χ4n) is 6.10. The van der Waals surface area contributed by atoms with Crippen LogP contribution in [0.1, 0.15) is 56.6 Å². The van der Waals surface area contributed by atoms with Crippen molar-refractivity contribution in [2.75, 3.05) is 18.5 Å². The van der Waals surface area contributed by atoms with Crippen molar-refractivity contribution in [3.8, 4) is 11.3 Å². The molecule has 6 rings (SSSR count). The van der Waals surface area contributed by atoms with Crippen LogP contribution < -0.4 is 11.1 Å². The number of aromatic nitrogens is 4. The van der Waals surface area contributed by atoms with Crippen molar-refractivity contribution in [1.29, 1.82) is 0 Å². The third-order valence-electron chi connectivity index (χ3n) is 9.01. The molecule has 0 radical (unpaired) electrons. The van der Waals surface area contributed by atoms with Gasteiger partial charge in [-0.1, -0.05) is 6.92 Å². The topological polar surface area (TPSA) is 131 Å². The second-order valence-electron chi connectivity index (χ2n) is 11.6. The second kappa shape index (κ2) is 10.4. The Labute approximate surface area is 236 Å². The van der Waals surface area contributed by atoms with Gasteiger partial charge in [0, 0.05) is 38.3 Å². The summed E-state index contributed by atoms with van der Waals surface area (Å²) in [6.07, 6.45) is 6.92. The average Bonchev–Trinajstić information content (AvgIpc) is 3.34. The SMILES string of the molecule is CC1CC(c2ccncc2Nc2ncc3ccc(-c4c(F)cc(C5(O)CCOCC5)cc4F)nn23)CC(N)C1(C)O. The van der Waals surface area contributed by atoms with Gasteiger partial charge in [0.2, 0.25) is 5.95 Å². The molecule has 4 heterocycles. The molecule has 1 aliphatic heterocycles. The third-order valence-corrected chi connectivity index (χ3v) is 9.01. The normalized spacial score (nSPS) is 26.3. The second-order valence-corrected chi connectivity index (χ2v) is 11.6. The van der Waals surface area contributed by atoms with E-state index in [2.05, 4.69) is 20.4 Å². The summed E-state index contributed by atoms with van der Waals surface area (Å²) >= 11 is 0. The van der Waals surface area contributed by atoms with Gasteiger partial charge in [0.05, 0.1) is 46.1 Å². The number of imidazole rings is 1. The molecule has 0 bridgehead atoms. The van der Waals surface area contributed by atoms with Gasteiger partial charge < -0.3 is 26.0 Å². The van der Waals surface area contributed by atoms with Crippen molar-refractivity contribution >= 4 is 17.2 Å². The number of nitrogens with zero attached hydrogens (tertiary/aromatic N) is 4. The molecule has 9 nitrogen and oxygen atoms in total. The summed E-state index contributed by atoms with van der Waals surface area (Å²) in [5.41, 5.74) is 6.38. The van der Waals surface area contributed by atoms with Gasteiger partial charge in [0.1, 0.15) is 11.6 Å². The third kappa shape index (κ3) is 4.97. The van der Waals surface area contributed by atoms with E-state index in [1.54, 1.807) is 31.6 Å². The first-order valence-corrected chi connectivity index (χ1v) is 13.9. The molecule has 1 saturated heterocycles. The van der Waals surface area contributed by atoms with E-state index in [1.165, 1.54) is 22.7 Å². The zero-order chi connectivity index (χ0) is 28.9. The largest absolute Gasteiger partial charge is 0.388 e. The van der Waals surface area contributed by atoms with Gasteiger partial charge in [-0.3, -0.25) is 4.98 Å². The van der Waals surface area contributed by atoms with Gasteiger partial charge in [-0.2, -0.15) is 9.61 Å². The molecule has 4 atom stereocenters. The summed E-state index contributed by atoms with van der Waals surface area (Å²) in [7, 11) is 0. The maximum absolute atomic E-state index is 15.4. The zero-order valence-electron chi connectivity index (χ0n) is 23.0. The van der Waals surface area contributed by atoms with Crippen LogP contribution in [-0.2, 0) is 10.3 Å². The Morgan fingerprint density at radius 2 is 1.80 bits per heavy atom. The first-order chi connectivity index (χ1) is 19.6. The van der Waals surface area contributed by atoms with Crippen LogP contribution in [0.5, 0.6) is 0 Å². The van der Waals surface area contributed by atoms with E-state index in [0.717, 1.165) is 12.0 Å². The Morgan fingerprint density at radius 3 is 2.51 bits per heavy atom. The lowest BCUT2D eigenvalue weighted by Gasteiger charge is -2.44. The Kier molecular flexibility index (Phi) is 7.01. The van der Waals surface area contributed by atoms with Crippen molar-refractivity contribution in [1.82, 2.24) is 19.6 Å². The Bertz CT molecular complexity index is 1550. The minimum absolute atomic E-state index is 0.00270. The highest BCUT2D eigenvalue weighted by Gasteiger charge is 2.42. The minimum atomic E-state index is -1.34. The number of hydrogen-bond acceptors (Lipinski definition) is 8. The molecule has 1 saturated carbocycles. The Hall–Kier alpha value is -3.51. The number of nitrogens with two attached hydrogens (primary N) is 1. The van der Waals surface area contributed by atoms with Crippen molar-refractivity contribution in [3.05, 3.63) is 71.7 Å². The van der Waals surface area contributed by atoms with Crippen LogP contribution in [0.2, 0.25) is 0 Å². The van der Waals surface area contributed by atoms with Gasteiger partial charge in [0.15, 0.2) is 0 Å². The highest BCUT2D eigenvalue weighted by Crippen LogP contribution is 2.43. The van der Waals surface area contributed by atoms with Crippen LogP contribution in [0.3, 0.4) is 0 Å². The molecular weight excluding hydrogens is 530 g/mol. The van der Waals surface area contributed by atoms with Gasteiger partial charge >= 0.3 is 0 Å². The van der Waals surface area contributed by atoms with Crippen molar-refractivity contribution in [2.24, 2.45) is 11.7 Å². The number of aliphatic hydroxyl groups is 2. The molecule has 1 aromatic carbocycles. The number of rotatable bonds is 5. The Morgan fingerprint density at radius 1 is 1.07 bits per heavy atom. The summed E-state index contributed by atoms with van der Waals surface area (Å²) in [6, 6.07) is 7.14. The molecule has 4 aromatic rings. The molecule has 5 N–H and O–H groups in total. The number of pyridine rings is 1. The number of hydrogen-bond donors (Lipinski definition) is 4. The van der Waals surface area contributed by atoms with E-state index in [9.17, 15) is 10.2 Å². The first kappa shape index (κ1) is 27.6. The summed E-state index contributed by atoms with van der Waals surface area (Å²) < 4.78 is 37.5.